The summed E-state index contributed by atoms with van der Waals surface area (Å²) in [5, 5.41) is 10.2. The Morgan fingerprint density at radius 1 is 1.33 bits per heavy atom. The van der Waals surface area contributed by atoms with Crippen LogP contribution in [-0.4, -0.2) is 18.2 Å². The highest BCUT2D eigenvalue weighted by atomic mass is 35.5. The van der Waals surface area contributed by atoms with Gasteiger partial charge in [0.25, 0.3) is 0 Å². The molecule has 0 radical (unpaired) electrons. The molecule has 1 aliphatic rings. The molecule has 0 saturated carbocycles. The monoisotopic (exact) mass is 267 g/mol. The normalized spacial score (nSPS) is 21.7. The molecule has 0 aliphatic carbocycles. The van der Waals surface area contributed by atoms with Gasteiger partial charge in [0, 0.05) is 23.8 Å². The quantitative estimate of drug-likeness (QED) is 0.899. The molecule has 18 heavy (non-hydrogen) atoms. The van der Waals surface area contributed by atoms with Crippen molar-refractivity contribution in [1.82, 2.24) is 0 Å². The average molecular weight is 268 g/mol. The summed E-state index contributed by atoms with van der Waals surface area (Å²) in [5.41, 5.74) is 1.98. The summed E-state index contributed by atoms with van der Waals surface area (Å²) in [6.45, 7) is 8.54. The Kier molecular flexibility index (Phi) is 4.18. The first-order valence-corrected chi connectivity index (χ1v) is 7.09. The zero-order valence-corrected chi connectivity index (χ0v) is 12.1. The molecule has 1 saturated heterocycles. The van der Waals surface area contributed by atoms with Crippen LogP contribution in [0, 0.1) is 11.8 Å². The SMILES string of the molecule is CC(O)c1ccc(N2CCC(C(C)C)C2)cc1Cl. The van der Waals surface area contributed by atoms with Gasteiger partial charge in [-0.15, -0.1) is 0 Å². The van der Waals surface area contributed by atoms with E-state index in [1.54, 1.807) is 6.92 Å². The molecule has 1 aromatic rings. The van der Waals surface area contributed by atoms with Crippen LogP contribution in [0.3, 0.4) is 0 Å². The van der Waals surface area contributed by atoms with Crippen molar-refractivity contribution in [3.63, 3.8) is 0 Å². The molecule has 0 aromatic heterocycles. The number of rotatable bonds is 3. The lowest BCUT2D eigenvalue weighted by Crippen LogP contribution is -2.21. The summed E-state index contributed by atoms with van der Waals surface area (Å²) in [5.74, 6) is 1.52. The Morgan fingerprint density at radius 2 is 2.06 bits per heavy atom. The molecule has 0 bridgehead atoms. The smallest absolute Gasteiger partial charge is 0.0776 e. The summed E-state index contributed by atoms with van der Waals surface area (Å²) in [4.78, 5) is 2.39. The fraction of sp³-hybridized carbons (Fsp3) is 0.600. The van der Waals surface area contributed by atoms with Crippen LogP contribution in [0.15, 0.2) is 18.2 Å². The number of benzene rings is 1. The number of aliphatic hydroxyl groups is 1. The van der Waals surface area contributed by atoms with Gasteiger partial charge in [-0.2, -0.15) is 0 Å². The van der Waals surface area contributed by atoms with Crippen LogP contribution in [0.4, 0.5) is 5.69 Å². The predicted molar refractivity (Wildman–Crippen MR) is 77.2 cm³/mol. The Balaban J connectivity index is 2.13. The van der Waals surface area contributed by atoms with Gasteiger partial charge in [0.2, 0.25) is 0 Å². The molecular weight excluding hydrogens is 246 g/mol. The number of hydrogen-bond donors (Lipinski definition) is 1. The van der Waals surface area contributed by atoms with Crippen LogP contribution in [0.2, 0.25) is 5.02 Å². The van der Waals surface area contributed by atoms with E-state index in [1.165, 1.54) is 12.1 Å². The first-order chi connectivity index (χ1) is 8.49. The molecule has 1 aliphatic heterocycles. The maximum Gasteiger partial charge on any atom is 0.0776 e. The molecule has 2 nitrogen and oxygen atoms in total. The maximum absolute atomic E-state index is 9.58. The van der Waals surface area contributed by atoms with Crippen molar-refractivity contribution < 1.29 is 5.11 Å². The lowest BCUT2D eigenvalue weighted by Gasteiger charge is -2.21. The minimum absolute atomic E-state index is 0.506. The molecule has 1 heterocycles. The molecule has 1 aromatic carbocycles. The van der Waals surface area contributed by atoms with Crippen LogP contribution >= 0.6 is 11.6 Å². The molecule has 2 rings (SSSR count). The van der Waals surface area contributed by atoms with E-state index in [-0.39, 0.29) is 0 Å². The largest absolute Gasteiger partial charge is 0.389 e. The van der Waals surface area contributed by atoms with Crippen LogP contribution in [0.5, 0.6) is 0 Å². The molecule has 100 valence electrons. The van der Waals surface area contributed by atoms with Gasteiger partial charge in [0.1, 0.15) is 0 Å². The van der Waals surface area contributed by atoms with Gasteiger partial charge in [0.05, 0.1) is 6.10 Å². The van der Waals surface area contributed by atoms with Gasteiger partial charge < -0.3 is 10.0 Å². The average Bonchev–Trinajstić information content (AvgIpc) is 2.77. The zero-order valence-electron chi connectivity index (χ0n) is 11.4. The Labute approximate surface area is 115 Å². The Morgan fingerprint density at radius 3 is 2.56 bits per heavy atom. The van der Waals surface area contributed by atoms with Crippen molar-refractivity contribution in [1.29, 1.82) is 0 Å². The standard InChI is InChI=1S/C15H22ClNO/c1-10(2)12-6-7-17(9-12)13-4-5-14(11(3)18)15(16)8-13/h4-5,8,10-12,18H,6-7,9H2,1-3H3. The highest BCUT2D eigenvalue weighted by Gasteiger charge is 2.25. The topological polar surface area (TPSA) is 23.5 Å². The van der Waals surface area contributed by atoms with E-state index < -0.39 is 6.10 Å². The second-order valence-corrected chi connectivity index (χ2v) is 6.03. The van der Waals surface area contributed by atoms with Gasteiger partial charge in [0.15, 0.2) is 0 Å². The maximum atomic E-state index is 9.58. The lowest BCUT2D eigenvalue weighted by atomic mass is 9.95. The minimum atomic E-state index is -0.506. The summed E-state index contributed by atoms with van der Waals surface area (Å²) < 4.78 is 0. The summed E-state index contributed by atoms with van der Waals surface area (Å²) in [6.07, 6.45) is 0.751. The second kappa shape index (κ2) is 5.50. The van der Waals surface area contributed by atoms with E-state index >= 15 is 0 Å². The third-order valence-electron chi connectivity index (χ3n) is 3.97. The minimum Gasteiger partial charge on any atom is -0.389 e. The molecule has 0 amide bonds. The molecule has 3 heteroatoms. The highest BCUT2D eigenvalue weighted by molar-refractivity contribution is 6.31. The van der Waals surface area contributed by atoms with E-state index in [0.29, 0.717) is 5.02 Å². The lowest BCUT2D eigenvalue weighted by molar-refractivity contribution is 0.199. The van der Waals surface area contributed by atoms with Crippen LogP contribution in [-0.2, 0) is 0 Å². The summed E-state index contributed by atoms with van der Waals surface area (Å²) in [6, 6.07) is 5.98. The zero-order chi connectivity index (χ0) is 13.3. The second-order valence-electron chi connectivity index (χ2n) is 5.62. The summed E-state index contributed by atoms with van der Waals surface area (Å²) >= 11 is 6.22. The number of hydrogen-bond acceptors (Lipinski definition) is 2. The summed E-state index contributed by atoms with van der Waals surface area (Å²) in [7, 11) is 0. The van der Waals surface area contributed by atoms with Gasteiger partial charge in [-0.3, -0.25) is 0 Å². The van der Waals surface area contributed by atoms with Crippen molar-refractivity contribution in [3.8, 4) is 0 Å². The van der Waals surface area contributed by atoms with Crippen molar-refractivity contribution >= 4 is 17.3 Å². The van der Waals surface area contributed by atoms with Crippen LogP contribution < -0.4 is 4.90 Å². The first kappa shape index (κ1) is 13.7. The van der Waals surface area contributed by atoms with Gasteiger partial charge in [-0.25, -0.2) is 0 Å². The molecule has 2 atom stereocenters. The van der Waals surface area contributed by atoms with E-state index in [9.17, 15) is 5.11 Å². The number of nitrogens with zero attached hydrogens (tertiary/aromatic N) is 1. The van der Waals surface area contributed by atoms with E-state index in [2.05, 4.69) is 24.8 Å². The number of halogens is 1. The van der Waals surface area contributed by atoms with E-state index in [4.69, 9.17) is 11.6 Å². The van der Waals surface area contributed by atoms with Crippen LogP contribution in [0.1, 0.15) is 38.9 Å². The molecule has 0 spiro atoms. The number of aliphatic hydroxyl groups excluding tert-OH is 1. The van der Waals surface area contributed by atoms with E-state index in [1.807, 2.05) is 12.1 Å². The molecule has 2 unspecified atom stereocenters. The fourth-order valence-corrected chi connectivity index (χ4v) is 2.95. The van der Waals surface area contributed by atoms with Crippen molar-refractivity contribution in [2.24, 2.45) is 11.8 Å². The van der Waals surface area contributed by atoms with Gasteiger partial charge in [-0.1, -0.05) is 31.5 Å². The third kappa shape index (κ3) is 2.81. The molecule has 1 fully saturated rings. The molecular formula is C15H22ClNO. The van der Waals surface area contributed by atoms with Gasteiger partial charge in [-0.05, 0) is 42.9 Å². The first-order valence-electron chi connectivity index (χ1n) is 6.71. The Bertz CT molecular complexity index is 417. The molecule has 1 N–H and O–H groups in total. The van der Waals surface area contributed by atoms with Crippen molar-refractivity contribution in [2.45, 2.75) is 33.3 Å². The van der Waals surface area contributed by atoms with Crippen LogP contribution in [0.25, 0.3) is 0 Å². The highest BCUT2D eigenvalue weighted by Crippen LogP contribution is 2.32. The fourth-order valence-electron chi connectivity index (χ4n) is 2.62. The van der Waals surface area contributed by atoms with Crippen molar-refractivity contribution in [3.05, 3.63) is 28.8 Å². The third-order valence-corrected chi connectivity index (χ3v) is 4.29. The van der Waals surface area contributed by atoms with Crippen molar-refractivity contribution in [2.75, 3.05) is 18.0 Å². The van der Waals surface area contributed by atoms with E-state index in [0.717, 1.165) is 30.5 Å². The Hall–Kier alpha value is -0.730. The van der Waals surface area contributed by atoms with Gasteiger partial charge >= 0.3 is 0 Å². The predicted octanol–water partition coefficient (Wildman–Crippen LogP) is 3.88. The number of anilines is 1.